The summed E-state index contributed by atoms with van der Waals surface area (Å²) >= 11 is 0. The van der Waals surface area contributed by atoms with Gasteiger partial charge in [0.2, 0.25) is 0 Å². The van der Waals surface area contributed by atoms with E-state index in [1.165, 1.54) is 67.0 Å². The molecule has 3 N–H and O–H groups in total. The van der Waals surface area contributed by atoms with E-state index in [1.807, 2.05) is 9.80 Å². The molecule has 0 aliphatic carbocycles. The third-order valence-corrected chi connectivity index (χ3v) is 6.80. The first-order valence-corrected chi connectivity index (χ1v) is 12.9. The van der Waals surface area contributed by atoms with Crippen molar-refractivity contribution in [1.29, 1.82) is 0 Å². The van der Waals surface area contributed by atoms with Crippen molar-refractivity contribution in [2.75, 3.05) is 39.3 Å². The van der Waals surface area contributed by atoms with E-state index in [9.17, 15) is 45.7 Å². The maximum atomic E-state index is 11.5. The number of hydrogen-bond acceptors (Lipinski definition) is 13. The normalized spacial score (nSPS) is 15.9. The largest absolute Gasteiger partial charge is 0.508 e. The molecule has 0 radical (unpaired) electrons. The summed E-state index contributed by atoms with van der Waals surface area (Å²) in [4.78, 5) is 44.3. The van der Waals surface area contributed by atoms with Crippen molar-refractivity contribution in [2.45, 2.75) is 6.17 Å². The first kappa shape index (κ1) is 30.5. The molecule has 1 aliphatic rings. The SMILES string of the molecule is O=[N+]([O-])c1ccc(O)c(C=NCCN2CCN(CCN=Cc3cc([N+](=O)[O-])ccc3O)C2c2cc([N+](=O)[O-])ccc2O)c1. The highest BCUT2D eigenvalue weighted by Gasteiger charge is 2.35. The topological polar surface area (TPSA) is 221 Å². The molecule has 0 unspecified atom stereocenters. The minimum atomic E-state index is -0.581. The van der Waals surface area contributed by atoms with Gasteiger partial charge in [-0.3, -0.25) is 50.1 Å². The van der Waals surface area contributed by atoms with E-state index >= 15 is 0 Å². The van der Waals surface area contributed by atoms with Crippen LogP contribution in [0.15, 0.2) is 64.6 Å². The maximum Gasteiger partial charge on any atom is 0.270 e. The van der Waals surface area contributed by atoms with Gasteiger partial charge in [0.15, 0.2) is 0 Å². The molecule has 43 heavy (non-hydrogen) atoms. The quantitative estimate of drug-likeness (QED) is 0.157. The zero-order chi connectivity index (χ0) is 31.1. The van der Waals surface area contributed by atoms with E-state index in [2.05, 4.69) is 9.98 Å². The summed E-state index contributed by atoms with van der Waals surface area (Å²) in [5, 5.41) is 64.2. The molecular weight excluding hydrogens is 566 g/mol. The molecule has 0 spiro atoms. The maximum absolute atomic E-state index is 11.5. The molecule has 224 valence electrons. The number of nitro benzene ring substituents is 3. The second-order valence-corrected chi connectivity index (χ2v) is 9.52. The van der Waals surface area contributed by atoms with Crippen LogP contribution in [0.5, 0.6) is 17.2 Å². The molecule has 16 nitrogen and oxygen atoms in total. The Hall–Kier alpha value is -5.48. The van der Waals surface area contributed by atoms with Crippen LogP contribution in [0.4, 0.5) is 17.1 Å². The average Bonchev–Trinajstić information content (AvgIpc) is 3.37. The Balaban J connectivity index is 1.50. The van der Waals surface area contributed by atoms with Crippen molar-refractivity contribution in [3.8, 4) is 17.2 Å². The molecule has 0 saturated carbocycles. The lowest BCUT2D eigenvalue weighted by atomic mass is 10.1. The fraction of sp³-hybridized carbons (Fsp3) is 0.259. The number of non-ortho nitro benzene ring substituents is 3. The molecule has 1 saturated heterocycles. The minimum absolute atomic E-state index is 0.137. The van der Waals surface area contributed by atoms with Gasteiger partial charge in [0.25, 0.3) is 17.1 Å². The molecule has 16 heteroatoms. The van der Waals surface area contributed by atoms with Gasteiger partial charge >= 0.3 is 0 Å². The number of hydrogen-bond donors (Lipinski definition) is 3. The first-order valence-electron chi connectivity index (χ1n) is 12.9. The summed E-state index contributed by atoms with van der Waals surface area (Å²) in [5.74, 6) is -0.470. The van der Waals surface area contributed by atoms with Gasteiger partial charge in [0.1, 0.15) is 17.2 Å². The summed E-state index contributed by atoms with van der Waals surface area (Å²) in [5.41, 5.74) is 0.0822. The third kappa shape index (κ3) is 7.43. The summed E-state index contributed by atoms with van der Waals surface area (Å²) in [6.07, 6.45) is 2.07. The lowest BCUT2D eigenvalue weighted by molar-refractivity contribution is -0.385. The Kier molecular flexibility index (Phi) is 9.54. The zero-order valence-electron chi connectivity index (χ0n) is 22.6. The van der Waals surface area contributed by atoms with E-state index in [-0.39, 0.29) is 58.5 Å². The van der Waals surface area contributed by atoms with Gasteiger partial charge in [-0.05, 0) is 18.2 Å². The third-order valence-electron chi connectivity index (χ3n) is 6.80. The molecule has 4 rings (SSSR count). The second-order valence-electron chi connectivity index (χ2n) is 9.52. The van der Waals surface area contributed by atoms with Crippen LogP contribution in [-0.2, 0) is 0 Å². The predicted molar refractivity (Wildman–Crippen MR) is 155 cm³/mol. The van der Waals surface area contributed by atoms with Crippen LogP contribution in [0, 0.1) is 30.3 Å². The Bertz CT molecular complexity index is 1510. The highest BCUT2D eigenvalue weighted by molar-refractivity contribution is 5.85. The molecule has 1 heterocycles. The van der Waals surface area contributed by atoms with Crippen molar-refractivity contribution < 1.29 is 30.1 Å². The van der Waals surface area contributed by atoms with Gasteiger partial charge in [-0.1, -0.05) is 0 Å². The molecule has 3 aromatic rings. The van der Waals surface area contributed by atoms with Gasteiger partial charge < -0.3 is 15.3 Å². The van der Waals surface area contributed by atoms with E-state index in [0.29, 0.717) is 31.7 Å². The number of phenols is 3. The van der Waals surface area contributed by atoms with E-state index in [1.54, 1.807) is 0 Å². The fourth-order valence-corrected chi connectivity index (χ4v) is 4.67. The van der Waals surface area contributed by atoms with Crippen LogP contribution in [0.3, 0.4) is 0 Å². The number of nitrogens with zero attached hydrogens (tertiary/aromatic N) is 7. The van der Waals surface area contributed by atoms with E-state index < -0.39 is 20.9 Å². The molecule has 1 fully saturated rings. The van der Waals surface area contributed by atoms with Gasteiger partial charge in [0.05, 0.1) is 34.0 Å². The van der Waals surface area contributed by atoms with Crippen molar-refractivity contribution in [3.63, 3.8) is 0 Å². The van der Waals surface area contributed by atoms with Crippen LogP contribution >= 0.6 is 0 Å². The summed E-state index contributed by atoms with van der Waals surface area (Å²) in [7, 11) is 0. The second kappa shape index (κ2) is 13.5. The number of rotatable bonds is 12. The van der Waals surface area contributed by atoms with E-state index in [4.69, 9.17) is 0 Å². The van der Waals surface area contributed by atoms with Gasteiger partial charge in [-0.15, -0.1) is 0 Å². The Morgan fingerprint density at radius 2 is 1.07 bits per heavy atom. The van der Waals surface area contributed by atoms with Crippen LogP contribution in [0.2, 0.25) is 0 Å². The van der Waals surface area contributed by atoms with Crippen molar-refractivity contribution >= 4 is 29.5 Å². The van der Waals surface area contributed by atoms with Crippen LogP contribution in [0.25, 0.3) is 0 Å². The molecule has 0 amide bonds. The van der Waals surface area contributed by atoms with Crippen molar-refractivity contribution in [1.82, 2.24) is 9.80 Å². The Morgan fingerprint density at radius 1 is 0.674 bits per heavy atom. The lowest BCUT2D eigenvalue weighted by Crippen LogP contribution is -2.34. The Morgan fingerprint density at radius 3 is 1.49 bits per heavy atom. The molecule has 1 aliphatic heterocycles. The smallest absolute Gasteiger partial charge is 0.270 e. The lowest BCUT2D eigenvalue weighted by Gasteiger charge is -2.30. The van der Waals surface area contributed by atoms with Crippen molar-refractivity contribution in [2.24, 2.45) is 9.98 Å². The number of aromatic hydroxyl groups is 3. The average molecular weight is 594 g/mol. The van der Waals surface area contributed by atoms with Crippen LogP contribution in [-0.4, -0.2) is 91.6 Å². The van der Waals surface area contributed by atoms with Gasteiger partial charge in [0, 0.05) is 91.7 Å². The van der Waals surface area contributed by atoms with E-state index in [0.717, 1.165) is 0 Å². The number of nitro groups is 3. The number of benzene rings is 3. The zero-order valence-corrected chi connectivity index (χ0v) is 22.6. The fourth-order valence-electron chi connectivity index (χ4n) is 4.67. The molecule has 0 atom stereocenters. The minimum Gasteiger partial charge on any atom is -0.508 e. The van der Waals surface area contributed by atoms with Crippen LogP contribution < -0.4 is 0 Å². The van der Waals surface area contributed by atoms with Gasteiger partial charge in [-0.2, -0.15) is 0 Å². The summed E-state index contributed by atoms with van der Waals surface area (Å²) in [6.45, 7) is 2.15. The van der Waals surface area contributed by atoms with Crippen LogP contribution in [0.1, 0.15) is 22.9 Å². The van der Waals surface area contributed by atoms with Crippen molar-refractivity contribution in [3.05, 3.63) is 102 Å². The molecule has 3 aromatic carbocycles. The predicted octanol–water partition coefficient (Wildman–Crippen LogP) is 3.38. The number of aliphatic imine (C=N–C) groups is 2. The monoisotopic (exact) mass is 593 g/mol. The molecule has 0 aromatic heterocycles. The summed E-state index contributed by atoms with van der Waals surface area (Å²) in [6, 6.07) is 10.9. The highest BCUT2D eigenvalue weighted by atomic mass is 16.6. The molecule has 0 bridgehead atoms. The Labute approximate surface area is 243 Å². The summed E-state index contributed by atoms with van der Waals surface area (Å²) < 4.78 is 0. The molecular formula is C27H27N7O9. The number of phenolic OH excluding ortho intramolecular Hbond substituents is 3. The highest BCUT2D eigenvalue weighted by Crippen LogP contribution is 2.37. The first-order chi connectivity index (χ1) is 20.5. The standard InChI is InChI=1S/C27H27N7O9/c35-24-4-1-20(32(38)39)13-18(24)16-28-7-9-30-11-12-31(27(30)23-15-22(34(42)43)3-6-26(23)37)10-8-29-17-19-14-21(33(40)41)2-5-25(19)36/h1-6,13-17,27,35-37H,7-12H2. The van der Waals surface area contributed by atoms with Gasteiger partial charge in [-0.25, -0.2) is 0 Å².